The van der Waals surface area contributed by atoms with Crippen molar-refractivity contribution in [2.75, 3.05) is 13.1 Å². The Bertz CT molecular complexity index is 903. The monoisotopic (exact) mass is 424 g/mol. The smallest absolute Gasteiger partial charge is 0.407 e. The Labute approximate surface area is 171 Å². The molecule has 1 atom stereocenters. The van der Waals surface area contributed by atoms with E-state index in [0.717, 1.165) is 0 Å². The Kier molecular flexibility index (Phi) is 6.89. The molecule has 10 heteroatoms. The molecule has 0 bridgehead atoms. The van der Waals surface area contributed by atoms with Crippen LogP contribution in [0.5, 0.6) is 0 Å². The van der Waals surface area contributed by atoms with Gasteiger partial charge in [-0.15, -0.1) is 0 Å². The number of nitrogens with one attached hydrogen (secondary N) is 3. The number of rotatable bonds is 6. The molecule has 0 fully saturated rings. The number of hydrogen-bond acceptors (Lipinski definition) is 6. The number of aliphatic imine (C=N–C) groups is 1. The second kappa shape index (κ2) is 8.81. The number of fused-ring (bicyclic) bond motifs is 1. The predicted octanol–water partition coefficient (Wildman–Crippen LogP) is 1.39. The van der Waals surface area contributed by atoms with Crippen LogP contribution in [0, 0.1) is 5.92 Å². The Hall–Kier alpha value is -2.62. The highest BCUT2D eigenvalue weighted by Crippen LogP contribution is 2.23. The summed E-state index contributed by atoms with van der Waals surface area (Å²) >= 11 is 0. The van der Waals surface area contributed by atoms with Gasteiger partial charge >= 0.3 is 6.09 Å². The standard InChI is InChI=1S/C19H28N4O5S/c1-12(2)15(17(24)20-10-11-21-18(25)28-19(3,4)5)22-16-13-8-6-7-9-14(13)29(26,27)23-16/h6-9,12,15H,10-11H2,1-5H3,(H,20,24)(H,21,25)(H,22,23)/t15-/m0/s1. The normalized spacial score (nSPS) is 17.4. The molecule has 160 valence electrons. The molecule has 0 aliphatic carbocycles. The fraction of sp³-hybridized carbons (Fsp3) is 0.526. The van der Waals surface area contributed by atoms with Gasteiger partial charge in [-0.3, -0.25) is 14.5 Å². The topological polar surface area (TPSA) is 126 Å². The van der Waals surface area contributed by atoms with Crippen molar-refractivity contribution in [3.8, 4) is 0 Å². The molecular weight excluding hydrogens is 396 g/mol. The molecule has 1 heterocycles. The highest BCUT2D eigenvalue weighted by atomic mass is 32.2. The summed E-state index contributed by atoms with van der Waals surface area (Å²) in [6.45, 7) is 9.31. The van der Waals surface area contributed by atoms with Gasteiger partial charge in [0.15, 0.2) is 0 Å². The minimum Gasteiger partial charge on any atom is -0.444 e. The molecule has 0 radical (unpaired) electrons. The van der Waals surface area contributed by atoms with Crippen molar-refractivity contribution in [3.63, 3.8) is 0 Å². The minimum absolute atomic E-state index is 0.142. The highest BCUT2D eigenvalue weighted by molar-refractivity contribution is 7.90. The van der Waals surface area contributed by atoms with Gasteiger partial charge in [0.25, 0.3) is 10.0 Å². The van der Waals surface area contributed by atoms with Crippen LogP contribution in [0.25, 0.3) is 0 Å². The number of amides is 2. The van der Waals surface area contributed by atoms with Gasteiger partial charge in [-0.2, -0.15) is 0 Å². The minimum atomic E-state index is -3.67. The molecule has 0 unspecified atom stereocenters. The molecule has 3 N–H and O–H groups in total. The van der Waals surface area contributed by atoms with Gasteiger partial charge in [-0.25, -0.2) is 13.2 Å². The summed E-state index contributed by atoms with van der Waals surface area (Å²) in [4.78, 5) is 28.7. The average molecular weight is 425 g/mol. The molecule has 1 aromatic carbocycles. The van der Waals surface area contributed by atoms with Crippen LogP contribution < -0.4 is 15.4 Å². The quantitative estimate of drug-likeness (QED) is 0.595. The Morgan fingerprint density at radius 2 is 1.76 bits per heavy atom. The summed E-state index contributed by atoms with van der Waals surface area (Å²) in [5.74, 6) is -0.373. The largest absolute Gasteiger partial charge is 0.444 e. The van der Waals surface area contributed by atoms with Gasteiger partial charge in [-0.1, -0.05) is 26.0 Å². The summed E-state index contributed by atoms with van der Waals surface area (Å²) in [6.07, 6.45) is -0.565. The first-order valence-electron chi connectivity index (χ1n) is 9.35. The van der Waals surface area contributed by atoms with Crippen LogP contribution in [0.2, 0.25) is 0 Å². The summed E-state index contributed by atoms with van der Waals surface area (Å²) in [5.41, 5.74) is -0.158. The molecule has 2 amide bonds. The molecule has 1 aromatic rings. The fourth-order valence-corrected chi connectivity index (χ4v) is 3.89. The van der Waals surface area contributed by atoms with Crippen LogP contribution >= 0.6 is 0 Å². The van der Waals surface area contributed by atoms with E-state index in [4.69, 9.17) is 4.74 Å². The number of nitrogens with zero attached hydrogens (tertiary/aromatic N) is 1. The maximum absolute atomic E-state index is 12.6. The second-order valence-electron chi connectivity index (χ2n) is 7.99. The molecule has 0 saturated carbocycles. The van der Waals surface area contributed by atoms with E-state index in [9.17, 15) is 18.0 Å². The number of benzene rings is 1. The predicted molar refractivity (Wildman–Crippen MR) is 109 cm³/mol. The third-order valence-corrected chi connectivity index (χ3v) is 5.32. The Balaban J connectivity index is 2.01. The first-order chi connectivity index (χ1) is 13.4. The van der Waals surface area contributed by atoms with Crippen molar-refractivity contribution < 1.29 is 22.7 Å². The van der Waals surface area contributed by atoms with Gasteiger partial charge in [0.05, 0.1) is 4.90 Å². The fourth-order valence-electron chi connectivity index (χ4n) is 2.65. The molecule has 1 aliphatic heterocycles. The van der Waals surface area contributed by atoms with Crippen molar-refractivity contribution in [1.29, 1.82) is 0 Å². The second-order valence-corrected chi connectivity index (χ2v) is 9.64. The number of hydrogen-bond donors (Lipinski definition) is 3. The molecular formula is C19H28N4O5S. The van der Waals surface area contributed by atoms with E-state index in [-0.39, 0.29) is 35.6 Å². The highest BCUT2D eigenvalue weighted by Gasteiger charge is 2.32. The maximum Gasteiger partial charge on any atom is 0.407 e. The number of sulfonamides is 1. The summed E-state index contributed by atoms with van der Waals surface area (Å²) < 4.78 is 32.0. The van der Waals surface area contributed by atoms with E-state index >= 15 is 0 Å². The molecule has 1 aliphatic rings. The lowest BCUT2D eigenvalue weighted by atomic mass is 10.0. The van der Waals surface area contributed by atoms with E-state index in [0.29, 0.717) is 5.56 Å². The van der Waals surface area contributed by atoms with Crippen molar-refractivity contribution in [1.82, 2.24) is 15.4 Å². The first kappa shape index (κ1) is 22.7. The Morgan fingerprint density at radius 3 is 2.38 bits per heavy atom. The summed E-state index contributed by atoms with van der Waals surface area (Å²) in [5, 5.41) is 5.26. The maximum atomic E-state index is 12.6. The third kappa shape index (κ3) is 6.18. The first-order valence-corrected chi connectivity index (χ1v) is 10.8. The van der Waals surface area contributed by atoms with Crippen molar-refractivity contribution >= 4 is 27.9 Å². The van der Waals surface area contributed by atoms with Gasteiger partial charge in [0.1, 0.15) is 17.5 Å². The van der Waals surface area contributed by atoms with E-state index in [1.807, 2.05) is 13.8 Å². The number of amidine groups is 1. The van der Waals surface area contributed by atoms with Crippen LogP contribution in [0.3, 0.4) is 0 Å². The molecule has 0 saturated heterocycles. The zero-order valence-electron chi connectivity index (χ0n) is 17.3. The van der Waals surface area contributed by atoms with Crippen LogP contribution in [0.4, 0.5) is 4.79 Å². The van der Waals surface area contributed by atoms with Gasteiger partial charge in [-0.05, 0) is 38.8 Å². The molecule has 2 rings (SSSR count). The number of ether oxygens (including phenoxy) is 1. The Morgan fingerprint density at radius 1 is 1.14 bits per heavy atom. The lowest BCUT2D eigenvalue weighted by Crippen LogP contribution is -2.42. The number of carbonyl (C=O) groups is 2. The van der Waals surface area contributed by atoms with Crippen molar-refractivity contribution in [2.45, 2.75) is 51.2 Å². The van der Waals surface area contributed by atoms with Crippen LogP contribution in [0.1, 0.15) is 40.2 Å². The number of alkyl carbamates (subject to hydrolysis) is 1. The van der Waals surface area contributed by atoms with Crippen molar-refractivity contribution in [3.05, 3.63) is 29.8 Å². The van der Waals surface area contributed by atoms with Crippen LogP contribution in [-0.2, 0) is 19.6 Å². The number of carbonyl (C=O) groups excluding carboxylic acids is 2. The summed E-state index contributed by atoms with van der Waals surface area (Å²) in [7, 11) is -3.67. The zero-order chi connectivity index (χ0) is 21.8. The molecule has 29 heavy (non-hydrogen) atoms. The summed E-state index contributed by atoms with van der Waals surface area (Å²) in [6, 6.07) is 5.69. The van der Waals surface area contributed by atoms with E-state index in [1.54, 1.807) is 39.0 Å². The lowest BCUT2D eigenvalue weighted by Gasteiger charge is -2.20. The lowest BCUT2D eigenvalue weighted by molar-refractivity contribution is -0.123. The third-order valence-electron chi connectivity index (χ3n) is 3.92. The van der Waals surface area contributed by atoms with Gasteiger partial charge < -0.3 is 15.4 Å². The van der Waals surface area contributed by atoms with Crippen LogP contribution in [-0.4, -0.2) is 51.0 Å². The molecule has 0 spiro atoms. The zero-order valence-corrected chi connectivity index (χ0v) is 18.1. The van der Waals surface area contributed by atoms with E-state index in [1.165, 1.54) is 6.07 Å². The van der Waals surface area contributed by atoms with Crippen LogP contribution in [0.15, 0.2) is 34.2 Å². The molecule has 9 nitrogen and oxygen atoms in total. The SMILES string of the molecule is CC(C)[C@H](N=C1NS(=O)(=O)c2ccccc21)C(=O)NCCNC(=O)OC(C)(C)C. The van der Waals surface area contributed by atoms with Gasteiger partial charge in [0, 0.05) is 18.7 Å². The van der Waals surface area contributed by atoms with Crippen molar-refractivity contribution in [2.24, 2.45) is 10.9 Å². The van der Waals surface area contributed by atoms with Gasteiger partial charge in [0.2, 0.25) is 5.91 Å². The molecule has 0 aromatic heterocycles. The van der Waals surface area contributed by atoms with E-state index in [2.05, 4.69) is 20.3 Å². The average Bonchev–Trinajstić information content (AvgIpc) is 2.85. The van der Waals surface area contributed by atoms with E-state index < -0.39 is 27.8 Å².